The molecule has 0 fully saturated rings. The molecule has 4 rings (SSSR count). The number of H-pyrrole nitrogens is 1. The number of hydrogen-bond donors (Lipinski definition) is 3. The van der Waals surface area contributed by atoms with Gasteiger partial charge < -0.3 is 29.6 Å². The first kappa shape index (κ1) is 29.2. The summed E-state index contributed by atoms with van der Waals surface area (Å²) in [6.45, 7) is 5.22. The molecule has 0 atom stereocenters. The van der Waals surface area contributed by atoms with E-state index in [1.54, 1.807) is 47.1 Å². The Morgan fingerprint density at radius 2 is 1.66 bits per heavy atom. The van der Waals surface area contributed by atoms with Gasteiger partial charge in [-0.1, -0.05) is 30.3 Å². The molecule has 1 heterocycles. The molecule has 0 aliphatic rings. The third-order valence-electron chi connectivity index (χ3n) is 5.84. The number of methoxy groups -OCH3 is 2. The molecule has 0 aliphatic carbocycles. The molecule has 3 aromatic carbocycles. The number of anilines is 1. The molecular weight excluding hydrogens is 524 g/mol. The SMILES string of the molecule is COCOc1ccc(-c2ccc3c(/C=C/c4ccc(NC(=O)CNC(=O)OC(C)(C)C)cc4)n[nH]c3c2)cc1OC. The molecule has 0 unspecified atom stereocenters. The number of aromatic amines is 1. The minimum absolute atomic E-state index is 0.141. The van der Waals surface area contributed by atoms with Gasteiger partial charge in [0.05, 0.1) is 18.3 Å². The number of benzene rings is 3. The van der Waals surface area contributed by atoms with E-state index in [4.69, 9.17) is 18.9 Å². The summed E-state index contributed by atoms with van der Waals surface area (Å²) in [6, 6.07) is 19.2. The predicted molar refractivity (Wildman–Crippen MR) is 159 cm³/mol. The van der Waals surface area contributed by atoms with E-state index in [0.29, 0.717) is 17.2 Å². The lowest BCUT2D eigenvalue weighted by molar-refractivity contribution is -0.115. The fraction of sp³-hybridized carbons (Fsp3) is 0.258. The van der Waals surface area contributed by atoms with Crippen molar-refractivity contribution in [3.8, 4) is 22.6 Å². The maximum Gasteiger partial charge on any atom is 0.408 e. The first-order valence-electron chi connectivity index (χ1n) is 13.0. The standard InChI is InChI=1S/C31H34N4O6/c1-31(2,3)41-30(37)32-18-29(36)33-23-11-6-20(7-12-23)8-14-25-24-13-9-21(16-26(24)35-34-25)22-10-15-27(40-19-38-4)28(17-22)39-5/h6-17H,18-19H2,1-5H3,(H,32,37)(H,33,36)(H,34,35)/b14-8+. The maximum absolute atomic E-state index is 12.1. The molecule has 0 aliphatic heterocycles. The number of rotatable bonds is 10. The van der Waals surface area contributed by atoms with Crippen LogP contribution in [0.4, 0.5) is 10.5 Å². The number of hydrogen-bond acceptors (Lipinski definition) is 7. The van der Waals surface area contributed by atoms with Crippen molar-refractivity contribution >= 4 is 40.7 Å². The lowest BCUT2D eigenvalue weighted by Crippen LogP contribution is -2.37. The van der Waals surface area contributed by atoms with Crippen LogP contribution < -0.4 is 20.1 Å². The molecule has 0 bridgehead atoms. The van der Waals surface area contributed by atoms with Gasteiger partial charge in [0, 0.05) is 18.2 Å². The fourth-order valence-corrected chi connectivity index (χ4v) is 3.96. The second-order valence-electron chi connectivity index (χ2n) is 10.1. The highest BCUT2D eigenvalue weighted by Gasteiger charge is 2.16. The molecule has 10 heteroatoms. The van der Waals surface area contributed by atoms with E-state index in [-0.39, 0.29) is 19.2 Å². The third kappa shape index (κ3) is 8.09. The molecule has 214 valence electrons. The zero-order valence-electron chi connectivity index (χ0n) is 23.7. The third-order valence-corrected chi connectivity index (χ3v) is 5.84. The van der Waals surface area contributed by atoms with Crippen LogP contribution in [0, 0.1) is 0 Å². The van der Waals surface area contributed by atoms with Gasteiger partial charge in [-0.3, -0.25) is 9.89 Å². The minimum atomic E-state index is -0.641. The first-order chi connectivity index (χ1) is 19.6. The number of carbonyl (C=O) groups excluding carboxylic acids is 2. The van der Waals surface area contributed by atoms with E-state index in [1.807, 2.05) is 60.7 Å². The normalized spacial score (nSPS) is 11.4. The Morgan fingerprint density at radius 3 is 2.37 bits per heavy atom. The van der Waals surface area contributed by atoms with Crippen LogP contribution in [0.25, 0.3) is 34.2 Å². The van der Waals surface area contributed by atoms with Crippen molar-refractivity contribution < 1.29 is 28.5 Å². The van der Waals surface area contributed by atoms with Crippen LogP contribution in [0.15, 0.2) is 60.7 Å². The summed E-state index contributed by atoms with van der Waals surface area (Å²) in [5, 5.41) is 13.7. The lowest BCUT2D eigenvalue weighted by Gasteiger charge is -2.19. The quantitative estimate of drug-likeness (QED) is 0.209. The van der Waals surface area contributed by atoms with Crippen LogP contribution in [0.1, 0.15) is 32.0 Å². The van der Waals surface area contributed by atoms with E-state index in [2.05, 4.69) is 20.8 Å². The summed E-state index contributed by atoms with van der Waals surface area (Å²) in [5.74, 6) is 0.880. The van der Waals surface area contributed by atoms with Gasteiger partial charge in [-0.2, -0.15) is 5.10 Å². The summed E-state index contributed by atoms with van der Waals surface area (Å²) >= 11 is 0. The molecule has 3 N–H and O–H groups in total. The van der Waals surface area contributed by atoms with E-state index in [9.17, 15) is 9.59 Å². The Hall–Kier alpha value is -4.83. The van der Waals surface area contributed by atoms with Crippen molar-refractivity contribution in [2.75, 3.05) is 32.9 Å². The number of ether oxygens (including phenoxy) is 4. The van der Waals surface area contributed by atoms with Gasteiger partial charge in [0.15, 0.2) is 18.3 Å². The molecule has 0 saturated carbocycles. The summed E-state index contributed by atoms with van der Waals surface area (Å²) in [4.78, 5) is 23.9. The zero-order valence-corrected chi connectivity index (χ0v) is 23.7. The largest absolute Gasteiger partial charge is 0.493 e. The summed E-state index contributed by atoms with van der Waals surface area (Å²) < 4.78 is 21.1. The number of nitrogens with one attached hydrogen (secondary N) is 3. The second kappa shape index (κ2) is 13.0. The highest BCUT2D eigenvalue weighted by Crippen LogP contribution is 2.34. The highest BCUT2D eigenvalue weighted by atomic mass is 16.7. The number of alkyl carbamates (subject to hydrolysis) is 1. The van der Waals surface area contributed by atoms with E-state index in [0.717, 1.165) is 33.3 Å². The highest BCUT2D eigenvalue weighted by molar-refractivity contribution is 5.94. The van der Waals surface area contributed by atoms with Crippen molar-refractivity contribution in [1.29, 1.82) is 0 Å². The van der Waals surface area contributed by atoms with E-state index >= 15 is 0 Å². The van der Waals surface area contributed by atoms with Crippen LogP contribution in [-0.4, -0.2) is 55.4 Å². The van der Waals surface area contributed by atoms with Crippen LogP contribution in [-0.2, 0) is 14.3 Å². The number of aromatic nitrogens is 2. The summed E-state index contributed by atoms with van der Waals surface area (Å²) in [7, 11) is 3.17. The average Bonchev–Trinajstić information content (AvgIpc) is 3.36. The Labute approximate surface area is 238 Å². The Morgan fingerprint density at radius 1 is 0.927 bits per heavy atom. The Kier molecular flexibility index (Phi) is 9.26. The molecule has 0 saturated heterocycles. The van der Waals surface area contributed by atoms with Crippen molar-refractivity contribution in [2.45, 2.75) is 26.4 Å². The first-order valence-corrected chi connectivity index (χ1v) is 13.0. The van der Waals surface area contributed by atoms with Crippen molar-refractivity contribution in [3.05, 3.63) is 71.9 Å². The summed E-state index contributed by atoms with van der Waals surface area (Å²) in [5.41, 5.74) is 4.62. The van der Waals surface area contributed by atoms with E-state index < -0.39 is 11.7 Å². The number of nitrogens with zero attached hydrogens (tertiary/aromatic N) is 1. The molecular formula is C31H34N4O6. The molecule has 41 heavy (non-hydrogen) atoms. The van der Waals surface area contributed by atoms with Crippen LogP contribution >= 0.6 is 0 Å². The average molecular weight is 559 g/mol. The van der Waals surface area contributed by atoms with Crippen LogP contribution in [0.3, 0.4) is 0 Å². The second-order valence-corrected chi connectivity index (χ2v) is 10.1. The molecule has 10 nitrogen and oxygen atoms in total. The number of carbonyl (C=O) groups is 2. The van der Waals surface area contributed by atoms with Gasteiger partial charge in [0.25, 0.3) is 0 Å². The van der Waals surface area contributed by atoms with Crippen molar-refractivity contribution in [1.82, 2.24) is 15.5 Å². The molecule has 2 amide bonds. The molecule has 1 aromatic heterocycles. The number of amides is 2. The van der Waals surface area contributed by atoms with Gasteiger partial charge >= 0.3 is 6.09 Å². The van der Waals surface area contributed by atoms with Gasteiger partial charge in [-0.05, 0) is 79.9 Å². The predicted octanol–water partition coefficient (Wildman–Crippen LogP) is 5.85. The van der Waals surface area contributed by atoms with Crippen molar-refractivity contribution in [2.24, 2.45) is 0 Å². The van der Waals surface area contributed by atoms with Gasteiger partial charge in [-0.25, -0.2) is 4.79 Å². The van der Waals surface area contributed by atoms with Gasteiger partial charge in [0.2, 0.25) is 5.91 Å². The Balaban J connectivity index is 1.38. The lowest BCUT2D eigenvalue weighted by atomic mass is 10.0. The number of fused-ring (bicyclic) bond motifs is 1. The zero-order chi connectivity index (χ0) is 29.4. The summed E-state index contributed by atoms with van der Waals surface area (Å²) in [6.07, 6.45) is 3.24. The van der Waals surface area contributed by atoms with Gasteiger partial charge in [-0.15, -0.1) is 0 Å². The van der Waals surface area contributed by atoms with Crippen molar-refractivity contribution in [3.63, 3.8) is 0 Å². The smallest absolute Gasteiger partial charge is 0.408 e. The Bertz CT molecular complexity index is 1540. The molecule has 0 radical (unpaired) electrons. The van der Waals surface area contributed by atoms with Crippen LogP contribution in [0.5, 0.6) is 11.5 Å². The minimum Gasteiger partial charge on any atom is -0.493 e. The monoisotopic (exact) mass is 558 g/mol. The topological polar surface area (TPSA) is 124 Å². The fourth-order valence-electron chi connectivity index (χ4n) is 3.96. The van der Waals surface area contributed by atoms with E-state index in [1.165, 1.54) is 0 Å². The van der Waals surface area contributed by atoms with Crippen LogP contribution in [0.2, 0.25) is 0 Å². The van der Waals surface area contributed by atoms with Gasteiger partial charge in [0.1, 0.15) is 12.1 Å². The maximum atomic E-state index is 12.1. The molecule has 0 spiro atoms. The molecule has 4 aromatic rings.